The molecule has 2 nitrogen and oxygen atoms in total. The summed E-state index contributed by atoms with van der Waals surface area (Å²) in [5.41, 5.74) is 1.30. The maximum absolute atomic E-state index is 5.85. The average molecular weight is 239 g/mol. The Kier molecular flexibility index (Phi) is 4.22. The number of nitrogens with one attached hydrogen (secondary N) is 1. The first-order valence-electron chi connectivity index (χ1n) is 5.90. The number of likely N-dealkylation sites (N-methyl/N-ethyl adjacent to an activating group) is 1. The highest BCUT2D eigenvalue weighted by Crippen LogP contribution is 2.11. The lowest BCUT2D eigenvalue weighted by Crippen LogP contribution is -2.43. The van der Waals surface area contributed by atoms with Gasteiger partial charge in [0.1, 0.15) is 0 Å². The van der Waals surface area contributed by atoms with Gasteiger partial charge in [0.15, 0.2) is 0 Å². The lowest BCUT2D eigenvalue weighted by molar-refractivity contribution is 0.226. The van der Waals surface area contributed by atoms with Crippen LogP contribution in [0.2, 0.25) is 5.02 Å². The minimum atomic E-state index is 0.634. The monoisotopic (exact) mass is 238 g/mol. The van der Waals surface area contributed by atoms with Crippen molar-refractivity contribution in [2.45, 2.75) is 25.4 Å². The highest BCUT2D eigenvalue weighted by molar-refractivity contribution is 6.30. The predicted molar refractivity (Wildman–Crippen MR) is 68.8 cm³/mol. The molecule has 1 unspecified atom stereocenters. The summed E-state index contributed by atoms with van der Waals surface area (Å²) in [6, 6.07) is 8.70. The Morgan fingerprint density at radius 3 is 2.81 bits per heavy atom. The van der Waals surface area contributed by atoms with E-state index in [1.165, 1.54) is 24.9 Å². The van der Waals surface area contributed by atoms with E-state index >= 15 is 0 Å². The number of piperidine rings is 1. The summed E-state index contributed by atoms with van der Waals surface area (Å²) in [5.74, 6) is 0. The highest BCUT2D eigenvalue weighted by atomic mass is 35.5. The third-order valence-electron chi connectivity index (χ3n) is 3.13. The summed E-state index contributed by atoms with van der Waals surface area (Å²) in [6.45, 7) is 3.34. The number of nitrogens with zero attached hydrogens (tertiary/aromatic N) is 1. The molecule has 0 aromatic heterocycles. The van der Waals surface area contributed by atoms with Crippen molar-refractivity contribution in [1.82, 2.24) is 10.2 Å². The van der Waals surface area contributed by atoms with Gasteiger partial charge in [-0.1, -0.05) is 23.7 Å². The van der Waals surface area contributed by atoms with Crippen molar-refractivity contribution in [2.75, 3.05) is 20.1 Å². The molecular formula is C13H19ClN2. The van der Waals surface area contributed by atoms with Crippen LogP contribution in [-0.4, -0.2) is 31.1 Å². The van der Waals surface area contributed by atoms with Crippen LogP contribution in [0.3, 0.4) is 0 Å². The molecule has 1 atom stereocenters. The Morgan fingerprint density at radius 2 is 2.12 bits per heavy atom. The van der Waals surface area contributed by atoms with Crippen molar-refractivity contribution in [3.05, 3.63) is 34.9 Å². The Morgan fingerprint density at radius 1 is 1.38 bits per heavy atom. The van der Waals surface area contributed by atoms with Gasteiger partial charge in [-0.15, -0.1) is 0 Å². The summed E-state index contributed by atoms with van der Waals surface area (Å²) in [4.78, 5) is 2.39. The van der Waals surface area contributed by atoms with Gasteiger partial charge < -0.3 is 10.2 Å². The first kappa shape index (κ1) is 11.9. The molecular weight excluding hydrogens is 220 g/mol. The molecule has 1 aliphatic rings. The number of rotatable bonds is 3. The van der Waals surface area contributed by atoms with E-state index in [-0.39, 0.29) is 0 Å². The van der Waals surface area contributed by atoms with Gasteiger partial charge >= 0.3 is 0 Å². The summed E-state index contributed by atoms with van der Waals surface area (Å²) in [5, 5.41) is 4.41. The Balaban J connectivity index is 1.80. The molecule has 0 amide bonds. The Hall–Kier alpha value is -0.570. The fourth-order valence-electron chi connectivity index (χ4n) is 2.20. The second-order valence-electron chi connectivity index (χ2n) is 4.61. The predicted octanol–water partition coefficient (Wildman–Crippen LogP) is 2.52. The lowest BCUT2D eigenvalue weighted by atomic mass is 10.1. The SMILES string of the molecule is CN1CCCC(NCc2ccc(Cl)cc2)C1. The number of hydrogen-bond acceptors (Lipinski definition) is 2. The first-order valence-corrected chi connectivity index (χ1v) is 6.28. The smallest absolute Gasteiger partial charge is 0.0406 e. The van der Waals surface area contributed by atoms with Crippen molar-refractivity contribution in [1.29, 1.82) is 0 Å². The molecule has 16 heavy (non-hydrogen) atoms. The molecule has 1 fully saturated rings. The van der Waals surface area contributed by atoms with Gasteiger partial charge in [-0.25, -0.2) is 0 Å². The lowest BCUT2D eigenvalue weighted by Gasteiger charge is -2.30. The number of hydrogen-bond donors (Lipinski definition) is 1. The number of halogens is 1. The van der Waals surface area contributed by atoms with E-state index in [1.807, 2.05) is 12.1 Å². The normalized spacial score (nSPS) is 22.2. The van der Waals surface area contributed by atoms with Crippen molar-refractivity contribution < 1.29 is 0 Å². The zero-order chi connectivity index (χ0) is 11.4. The zero-order valence-electron chi connectivity index (χ0n) is 9.75. The van der Waals surface area contributed by atoms with Gasteiger partial charge in [0, 0.05) is 24.2 Å². The van der Waals surface area contributed by atoms with Gasteiger partial charge in [-0.05, 0) is 44.1 Å². The van der Waals surface area contributed by atoms with Crippen molar-refractivity contribution >= 4 is 11.6 Å². The van der Waals surface area contributed by atoms with Gasteiger partial charge in [0.2, 0.25) is 0 Å². The van der Waals surface area contributed by atoms with E-state index in [1.54, 1.807) is 0 Å². The summed E-state index contributed by atoms with van der Waals surface area (Å²) >= 11 is 5.85. The number of likely N-dealkylation sites (tertiary alicyclic amines) is 1. The molecule has 1 aromatic rings. The van der Waals surface area contributed by atoms with E-state index in [2.05, 4.69) is 29.4 Å². The average Bonchev–Trinajstić information content (AvgIpc) is 2.28. The van der Waals surface area contributed by atoms with Crippen LogP contribution in [0.4, 0.5) is 0 Å². The van der Waals surface area contributed by atoms with Gasteiger partial charge in [0.25, 0.3) is 0 Å². The fourth-order valence-corrected chi connectivity index (χ4v) is 2.32. The van der Waals surface area contributed by atoms with Crippen molar-refractivity contribution in [3.8, 4) is 0 Å². The van der Waals surface area contributed by atoms with Crippen LogP contribution in [0.15, 0.2) is 24.3 Å². The van der Waals surface area contributed by atoms with Crippen LogP contribution in [0, 0.1) is 0 Å². The van der Waals surface area contributed by atoms with Crippen LogP contribution in [0.5, 0.6) is 0 Å². The van der Waals surface area contributed by atoms with E-state index in [4.69, 9.17) is 11.6 Å². The van der Waals surface area contributed by atoms with E-state index in [0.717, 1.165) is 18.1 Å². The van der Waals surface area contributed by atoms with Gasteiger partial charge in [-0.3, -0.25) is 0 Å². The molecule has 1 saturated heterocycles. The first-order chi connectivity index (χ1) is 7.74. The molecule has 1 aliphatic heterocycles. The van der Waals surface area contributed by atoms with Gasteiger partial charge in [-0.2, -0.15) is 0 Å². The maximum Gasteiger partial charge on any atom is 0.0406 e. The fraction of sp³-hybridized carbons (Fsp3) is 0.538. The highest BCUT2D eigenvalue weighted by Gasteiger charge is 2.15. The molecule has 0 saturated carbocycles. The molecule has 0 spiro atoms. The molecule has 1 N–H and O–H groups in total. The van der Waals surface area contributed by atoms with E-state index < -0.39 is 0 Å². The maximum atomic E-state index is 5.85. The minimum Gasteiger partial charge on any atom is -0.309 e. The molecule has 2 rings (SSSR count). The van der Waals surface area contributed by atoms with E-state index in [9.17, 15) is 0 Å². The Bertz CT molecular complexity index is 323. The third-order valence-corrected chi connectivity index (χ3v) is 3.38. The van der Waals surface area contributed by atoms with Crippen LogP contribution in [-0.2, 0) is 6.54 Å². The summed E-state index contributed by atoms with van der Waals surface area (Å²) in [6.07, 6.45) is 2.59. The molecule has 0 bridgehead atoms. The molecule has 3 heteroatoms. The molecule has 88 valence electrons. The molecule has 0 aliphatic carbocycles. The van der Waals surface area contributed by atoms with Crippen molar-refractivity contribution in [3.63, 3.8) is 0 Å². The van der Waals surface area contributed by atoms with Gasteiger partial charge in [0.05, 0.1) is 0 Å². The van der Waals surface area contributed by atoms with Crippen LogP contribution < -0.4 is 5.32 Å². The Labute approximate surface area is 103 Å². The van der Waals surface area contributed by atoms with E-state index in [0.29, 0.717) is 6.04 Å². The summed E-state index contributed by atoms with van der Waals surface area (Å²) < 4.78 is 0. The molecule has 0 radical (unpaired) electrons. The standard InChI is InChI=1S/C13H19ClN2/c1-16-8-2-3-13(10-16)15-9-11-4-6-12(14)7-5-11/h4-7,13,15H,2-3,8-10H2,1H3. The topological polar surface area (TPSA) is 15.3 Å². The van der Waals surface area contributed by atoms with Crippen LogP contribution in [0.1, 0.15) is 18.4 Å². The molecule has 1 heterocycles. The quantitative estimate of drug-likeness (QED) is 0.871. The number of benzene rings is 1. The second-order valence-corrected chi connectivity index (χ2v) is 5.05. The summed E-state index contributed by atoms with van der Waals surface area (Å²) in [7, 11) is 2.19. The minimum absolute atomic E-state index is 0.634. The van der Waals surface area contributed by atoms with Crippen LogP contribution in [0.25, 0.3) is 0 Å². The second kappa shape index (κ2) is 5.67. The van der Waals surface area contributed by atoms with Crippen molar-refractivity contribution in [2.24, 2.45) is 0 Å². The van der Waals surface area contributed by atoms with Crippen LogP contribution >= 0.6 is 11.6 Å². The zero-order valence-corrected chi connectivity index (χ0v) is 10.5. The third kappa shape index (κ3) is 3.48. The molecule has 1 aromatic carbocycles. The largest absolute Gasteiger partial charge is 0.309 e.